The molecule has 20 heavy (non-hydrogen) atoms. The van der Waals surface area contributed by atoms with Gasteiger partial charge in [0.25, 0.3) is 0 Å². The van der Waals surface area contributed by atoms with E-state index < -0.39 is 9.84 Å². The van der Waals surface area contributed by atoms with E-state index in [1.807, 2.05) is 19.1 Å². The molecule has 0 aliphatic rings. The van der Waals surface area contributed by atoms with E-state index in [1.54, 1.807) is 12.1 Å². The first kappa shape index (κ1) is 17.3. The average molecular weight is 318 g/mol. The fraction of sp³-hybridized carbons (Fsp3) is 0.600. The number of benzene rings is 1. The maximum atomic E-state index is 12.3. The van der Waals surface area contributed by atoms with E-state index in [-0.39, 0.29) is 11.3 Å². The summed E-state index contributed by atoms with van der Waals surface area (Å²) in [5, 5.41) is 3.38. The largest absolute Gasteiger partial charge is 0.379 e. The van der Waals surface area contributed by atoms with Gasteiger partial charge in [-0.2, -0.15) is 0 Å². The quantitative estimate of drug-likeness (QED) is 0.735. The van der Waals surface area contributed by atoms with Gasteiger partial charge in [-0.05, 0) is 38.3 Å². The van der Waals surface area contributed by atoms with Gasteiger partial charge in [0.15, 0.2) is 9.84 Å². The van der Waals surface area contributed by atoms with Crippen molar-refractivity contribution in [2.45, 2.75) is 50.5 Å². The maximum Gasteiger partial charge on any atom is 0.180 e. The zero-order valence-electron chi connectivity index (χ0n) is 12.4. The van der Waals surface area contributed by atoms with Crippen LogP contribution in [0.5, 0.6) is 0 Å². The number of hydrogen-bond acceptors (Lipinski definition) is 3. The van der Waals surface area contributed by atoms with Crippen molar-refractivity contribution in [2.75, 3.05) is 16.9 Å². The number of sulfone groups is 1. The fourth-order valence-electron chi connectivity index (χ4n) is 2.08. The molecule has 0 saturated heterocycles. The van der Waals surface area contributed by atoms with Gasteiger partial charge in [0.05, 0.1) is 16.3 Å². The number of halogens is 1. The first-order valence-electron chi connectivity index (χ1n) is 7.04. The summed E-state index contributed by atoms with van der Waals surface area (Å²) in [5.74, 6) is 0.714. The molecule has 114 valence electrons. The molecule has 1 aromatic carbocycles. The van der Waals surface area contributed by atoms with Crippen molar-refractivity contribution >= 4 is 27.1 Å². The lowest BCUT2D eigenvalue weighted by Crippen LogP contribution is -2.35. The minimum atomic E-state index is -3.23. The topological polar surface area (TPSA) is 46.2 Å². The number of nitrogens with one attached hydrogen (secondary N) is 1. The van der Waals surface area contributed by atoms with Crippen molar-refractivity contribution in [1.29, 1.82) is 0 Å². The van der Waals surface area contributed by atoms with Crippen LogP contribution in [-0.4, -0.2) is 25.6 Å². The Balaban J connectivity index is 3.14. The SMILES string of the molecule is CCCS(=O)(=O)c1ccccc1NC(C)(CC)CCCl. The lowest BCUT2D eigenvalue weighted by molar-refractivity contribution is 0.480. The molecule has 0 amide bonds. The van der Waals surface area contributed by atoms with Crippen LogP contribution in [0.1, 0.15) is 40.0 Å². The predicted octanol–water partition coefficient (Wildman–Crippen LogP) is 4.08. The molecule has 0 aliphatic heterocycles. The lowest BCUT2D eigenvalue weighted by Gasteiger charge is -2.31. The van der Waals surface area contributed by atoms with Crippen molar-refractivity contribution in [1.82, 2.24) is 0 Å². The third kappa shape index (κ3) is 4.38. The van der Waals surface area contributed by atoms with E-state index in [4.69, 9.17) is 11.6 Å². The van der Waals surface area contributed by atoms with Crippen LogP contribution in [0.4, 0.5) is 5.69 Å². The summed E-state index contributed by atoms with van der Waals surface area (Å²) in [6.45, 7) is 6.01. The van der Waals surface area contributed by atoms with E-state index in [1.165, 1.54) is 0 Å². The highest BCUT2D eigenvalue weighted by molar-refractivity contribution is 7.91. The van der Waals surface area contributed by atoms with Gasteiger partial charge in [0.1, 0.15) is 0 Å². The number of anilines is 1. The molecule has 0 aliphatic carbocycles. The average Bonchev–Trinajstić information content (AvgIpc) is 2.39. The Morgan fingerprint density at radius 2 is 1.90 bits per heavy atom. The Morgan fingerprint density at radius 1 is 1.25 bits per heavy atom. The van der Waals surface area contributed by atoms with Crippen LogP contribution in [0, 0.1) is 0 Å². The van der Waals surface area contributed by atoms with Crippen molar-refractivity contribution in [2.24, 2.45) is 0 Å². The Morgan fingerprint density at radius 3 is 2.45 bits per heavy atom. The minimum Gasteiger partial charge on any atom is -0.379 e. The highest BCUT2D eigenvalue weighted by Gasteiger charge is 2.25. The second-order valence-corrected chi connectivity index (χ2v) is 7.75. The molecule has 0 heterocycles. The second-order valence-electron chi connectivity index (χ2n) is 5.29. The van der Waals surface area contributed by atoms with Crippen molar-refractivity contribution in [3.05, 3.63) is 24.3 Å². The molecule has 1 N–H and O–H groups in total. The number of hydrogen-bond donors (Lipinski definition) is 1. The summed E-state index contributed by atoms with van der Waals surface area (Å²) in [7, 11) is -3.23. The minimum absolute atomic E-state index is 0.171. The van der Waals surface area contributed by atoms with E-state index >= 15 is 0 Å². The van der Waals surface area contributed by atoms with Gasteiger partial charge in [0.2, 0.25) is 0 Å². The zero-order chi connectivity index (χ0) is 15.2. The first-order valence-corrected chi connectivity index (χ1v) is 9.23. The summed E-state index contributed by atoms with van der Waals surface area (Å²) in [5.41, 5.74) is 0.481. The van der Waals surface area contributed by atoms with Gasteiger partial charge in [0, 0.05) is 11.4 Å². The summed E-state index contributed by atoms with van der Waals surface area (Å²) < 4.78 is 24.6. The van der Waals surface area contributed by atoms with E-state index in [9.17, 15) is 8.42 Å². The standard InChI is InChI=1S/C15H24ClNO2S/c1-4-12-20(18,19)14-9-7-6-8-13(14)17-15(3,5-2)10-11-16/h6-9,17H,4-5,10-12H2,1-3H3. The molecule has 0 spiro atoms. The molecule has 0 radical (unpaired) electrons. The summed E-state index contributed by atoms with van der Waals surface area (Å²) in [6, 6.07) is 7.11. The van der Waals surface area contributed by atoms with Crippen molar-refractivity contribution in [3.63, 3.8) is 0 Å². The Labute approximate surface area is 127 Å². The molecule has 0 bridgehead atoms. The van der Waals surface area contributed by atoms with E-state index in [2.05, 4.69) is 19.2 Å². The summed E-state index contributed by atoms with van der Waals surface area (Å²) in [6.07, 6.45) is 2.28. The Kier molecular flexibility index (Phi) is 6.34. The van der Waals surface area contributed by atoms with Crippen LogP contribution in [-0.2, 0) is 9.84 Å². The third-order valence-electron chi connectivity index (χ3n) is 3.56. The Bertz CT molecular complexity index is 530. The van der Waals surface area contributed by atoms with Gasteiger partial charge in [-0.25, -0.2) is 8.42 Å². The summed E-state index contributed by atoms with van der Waals surface area (Å²) >= 11 is 5.85. The lowest BCUT2D eigenvalue weighted by atomic mass is 9.95. The van der Waals surface area contributed by atoms with E-state index in [0.717, 1.165) is 12.8 Å². The normalized spacial score (nSPS) is 14.8. The molecule has 1 atom stereocenters. The van der Waals surface area contributed by atoms with Crippen molar-refractivity contribution < 1.29 is 8.42 Å². The highest BCUT2D eigenvalue weighted by Crippen LogP contribution is 2.28. The van der Waals surface area contributed by atoms with Gasteiger partial charge < -0.3 is 5.32 Å². The molecule has 1 rings (SSSR count). The van der Waals surface area contributed by atoms with Crippen LogP contribution < -0.4 is 5.32 Å². The molecule has 5 heteroatoms. The molecule has 0 saturated carbocycles. The van der Waals surface area contributed by atoms with Gasteiger partial charge in [-0.1, -0.05) is 26.0 Å². The van der Waals surface area contributed by atoms with Gasteiger partial charge in [-0.3, -0.25) is 0 Å². The van der Waals surface area contributed by atoms with Gasteiger partial charge >= 0.3 is 0 Å². The monoisotopic (exact) mass is 317 g/mol. The van der Waals surface area contributed by atoms with Crippen molar-refractivity contribution in [3.8, 4) is 0 Å². The van der Waals surface area contributed by atoms with Crippen LogP contribution in [0.3, 0.4) is 0 Å². The zero-order valence-corrected chi connectivity index (χ0v) is 14.0. The highest BCUT2D eigenvalue weighted by atomic mass is 35.5. The molecule has 3 nitrogen and oxygen atoms in total. The smallest absolute Gasteiger partial charge is 0.180 e. The van der Waals surface area contributed by atoms with Gasteiger partial charge in [-0.15, -0.1) is 11.6 Å². The van der Waals surface area contributed by atoms with Crippen LogP contribution in [0.15, 0.2) is 29.2 Å². The molecule has 1 aromatic rings. The van der Waals surface area contributed by atoms with Crippen LogP contribution in [0.25, 0.3) is 0 Å². The third-order valence-corrected chi connectivity index (χ3v) is 5.72. The summed E-state index contributed by atoms with van der Waals surface area (Å²) in [4.78, 5) is 0.385. The molecule has 0 aromatic heterocycles. The molecule has 0 fully saturated rings. The number of para-hydroxylation sites is 1. The molecular formula is C15H24ClNO2S. The molecular weight excluding hydrogens is 294 g/mol. The fourth-order valence-corrected chi connectivity index (χ4v) is 4.00. The van der Waals surface area contributed by atoms with Crippen LogP contribution in [0.2, 0.25) is 0 Å². The van der Waals surface area contributed by atoms with Crippen LogP contribution >= 0.6 is 11.6 Å². The number of alkyl halides is 1. The second kappa shape index (κ2) is 7.32. The first-order chi connectivity index (χ1) is 9.38. The predicted molar refractivity (Wildman–Crippen MR) is 86.4 cm³/mol. The maximum absolute atomic E-state index is 12.3. The van der Waals surface area contributed by atoms with E-state index in [0.29, 0.717) is 22.9 Å². The molecule has 1 unspecified atom stereocenters. The number of rotatable bonds is 8. The Hall–Kier alpha value is -0.740.